The van der Waals surface area contributed by atoms with Gasteiger partial charge in [-0.3, -0.25) is 9.11 Å². The second kappa shape index (κ2) is 8.00. The average Bonchev–Trinajstić information content (AvgIpc) is 2.51. The first-order valence-electron chi connectivity index (χ1n) is 6.79. The highest BCUT2D eigenvalue weighted by Gasteiger charge is 2.10. The van der Waals surface area contributed by atoms with E-state index in [1.54, 1.807) is 24.3 Å². The summed E-state index contributed by atoms with van der Waals surface area (Å²) in [6, 6.07) is 12.4. The molecule has 0 aliphatic carbocycles. The fraction of sp³-hybridized carbons (Fsp3) is 0.143. The van der Waals surface area contributed by atoms with Crippen molar-refractivity contribution in [3.05, 3.63) is 48.5 Å². The van der Waals surface area contributed by atoms with E-state index in [0.29, 0.717) is 17.2 Å². The van der Waals surface area contributed by atoms with E-state index in [1.807, 2.05) is 0 Å². The molecule has 0 saturated heterocycles. The lowest BCUT2D eigenvalue weighted by Crippen LogP contribution is -2.05. The van der Waals surface area contributed by atoms with Crippen molar-refractivity contribution >= 4 is 48.0 Å². The summed E-state index contributed by atoms with van der Waals surface area (Å²) in [5.74, 6) is 0. The molecular formula is C14H16O6P2S2. The minimum absolute atomic E-state index is 0.115. The van der Waals surface area contributed by atoms with Gasteiger partial charge < -0.3 is 0 Å². The van der Waals surface area contributed by atoms with E-state index in [2.05, 4.69) is 0 Å². The monoisotopic (exact) mass is 406 g/mol. The summed E-state index contributed by atoms with van der Waals surface area (Å²) in [7, 11) is -7.62. The van der Waals surface area contributed by atoms with Crippen molar-refractivity contribution in [3.8, 4) is 0 Å². The molecule has 0 aliphatic heterocycles. The molecule has 0 radical (unpaired) electrons. The van der Waals surface area contributed by atoms with Gasteiger partial charge in [0.25, 0.3) is 20.2 Å². The molecule has 10 heteroatoms. The number of benzene rings is 2. The molecule has 0 amide bonds. The molecule has 0 aromatic heterocycles. The minimum Gasteiger partial charge on any atom is -0.282 e. The summed E-state index contributed by atoms with van der Waals surface area (Å²) >= 11 is 0. The van der Waals surface area contributed by atoms with Gasteiger partial charge in [0.1, 0.15) is 0 Å². The summed E-state index contributed by atoms with van der Waals surface area (Å²) in [6.07, 6.45) is 1.62. The summed E-state index contributed by atoms with van der Waals surface area (Å²) in [5, 5.41) is 1.67. The van der Waals surface area contributed by atoms with Crippen molar-refractivity contribution < 1.29 is 25.9 Å². The third-order valence-electron chi connectivity index (χ3n) is 3.05. The summed E-state index contributed by atoms with van der Waals surface area (Å²) in [4.78, 5) is -0.230. The molecule has 2 atom stereocenters. The van der Waals surface area contributed by atoms with Crippen molar-refractivity contribution in [2.75, 3.05) is 12.3 Å². The Morgan fingerprint density at radius 2 is 1.08 bits per heavy atom. The SMILES string of the molecule is O=S(=O)(O)c1cccc(PCCPc2cccc(S(=O)(=O)O)c2)c1. The van der Waals surface area contributed by atoms with Crippen LogP contribution in [0.4, 0.5) is 0 Å². The zero-order valence-corrected chi connectivity index (χ0v) is 16.0. The highest BCUT2D eigenvalue weighted by Crippen LogP contribution is 2.20. The first-order valence-corrected chi connectivity index (χ1v) is 12.1. The van der Waals surface area contributed by atoms with Crippen molar-refractivity contribution in [1.29, 1.82) is 0 Å². The molecule has 0 aliphatic rings. The van der Waals surface area contributed by atoms with Crippen molar-refractivity contribution in [2.45, 2.75) is 9.79 Å². The second-order valence-electron chi connectivity index (χ2n) is 4.86. The van der Waals surface area contributed by atoms with Gasteiger partial charge in [-0.1, -0.05) is 41.4 Å². The fourth-order valence-electron chi connectivity index (χ4n) is 1.95. The number of hydrogen-bond donors (Lipinski definition) is 2. The smallest absolute Gasteiger partial charge is 0.282 e. The van der Waals surface area contributed by atoms with Gasteiger partial charge in [-0.2, -0.15) is 16.8 Å². The topological polar surface area (TPSA) is 109 Å². The third-order valence-corrected chi connectivity index (χ3v) is 7.68. The van der Waals surface area contributed by atoms with E-state index >= 15 is 0 Å². The third kappa shape index (κ3) is 5.88. The van der Waals surface area contributed by atoms with Gasteiger partial charge in [0.2, 0.25) is 0 Å². The molecule has 2 unspecified atom stereocenters. The van der Waals surface area contributed by atoms with Gasteiger partial charge in [0.05, 0.1) is 9.79 Å². The van der Waals surface area contributed by atoms with Gasteiger partial charge in [0, 0.05) is 0 Å². The van der Waals surface area contributed by atoms with Crippen LogP contribution in [0, 0.1) is 0 Å². The van der Waals surface area contributed by atoms with Crippen LogP contribution in [0.5, 0.6) is 0 Å². The highest BCUT2D eigenvalue weighted by atomic mass is 32.2. The van der Waals surface area contributed by atoms with E-state index in [-0.39, 0.29) is 9.79 Å². The zero-order chi connectivity index (χ0) is 17.8. The van der Waals surface area contributed by atoms with Crippen LogP contribution >= 0.6 is 17.2 Å². The maximum absolute atomic E-state index is 11.1. The van der Waals surface area contributed by atoms with E-state index < -0.39 is 20.2 Å². The van der Waals surface area contributed by atoms with Crippen molar-refractivity contribution in [1.82, 2.24) is 0 Å². The average molecular weight is 406 g/mol. The van der Waals surface area contributed by atoms with E-state index in [4.69, 9.17) is 9.11 Å². The lowest BCUT2D eigenvalue weighted by molar-refractivity contribution is 0.481. The van der Waals surface area contributed by atoms with Crippen LogP contribution in [0.2, 0.25) is 0 Å². The summed E-state index contributed by atoms with van der Waals surface area (Å²) < 4.78 is 62.5. The van der Waals surface area contributed by atoms with Crippen LogP contribution in [-0.2, 0) is 20.2 Å². The first-order chi connectivity index (χ1) is 11.2. The summed E-state index contributed by atoms with van der Waals surface area (Å²) in [5.41, 5.74) is 0. The molecule has 0 fully saturated rings. The Labute approximate surface area is 144 Å². The van der Waals surface area contributed by atoms with Gasteiger partial charge >= 0.3 is 0 Å². The second-order valence-corrected chi connectivity index (χ2v) is 10.6. The molecular weight excluding hydrogens is 390 g/mol. The Balaban J connectivity index is 1.92. The van der Waals surface area contributed by atoms with Gasteiger partial charge in [-0.15, -0.1) is 0 Å². The molecule has 6 nitrogen and oxygen atoms in total. The Bertz CT molecular complexity index is 848. The normalized spacial score (nSPS) is 13.2. The lowest BCUT2D eigenvalue weighted by atomic mass is 10.4. The highest BCUT2D eigenvalue weighted by molar-refractivity contribution is 7.86. The number of hydrogen-bond acceptors (Lipinski definition) is 4. The van der Waals surface area contributed by atoms with Crippen LogP contribution in [0.3, 0.4) is 0 Å². The quantitative estimate of drug-likeness (QED) is 0.410. The van der Waals surface area contributed by atoms with Crippen LogP contribution in [0.25, 0.3) is 0 Å². The molecule has 2 aromatic rings. The van der Waals surface area contributed by atoms with E-state index in [0.717, 1.165) is 22.9 Å². The minimum atomic E-state index is -4.19. The zero-order valence-electron chi connectivity index (χ0n) is 12.4. The van der Waals surface area contributed by atoms with E-state index in [1.165, 1.54) is 24.3 Å². The molecule has 0 saturated carbocycles. The Kier molecular flexibility index (Phi) is 6.48. The van der Waals surface area contributed by atoms with Crippen LogP contribution < -0.4 is 10.6 Å². The van der Waals surface area contributed by atoms with Crippen LogP contribution in [0.1, 0.15) is 0 Å². The van der Waals surface area contributed by atoms with Crippen LogP contribution in [0.15, 0.2) is 58.3 Å². The predicted molar refractivity (Wildman–Crippen MR) is 98.1 cm³/mol. The molecule has 2 rings (SSSR count). The van der Waals surface area contributed by atoms with Gasteiger partial charge in [0.15, 0.2) is 0 Å². The molecule has 0 spiro atoms. The summed E-state index contributed by atoms with van der Waals surface area (Å²) in [6.45, 7) is 0. The standard InChI is InChI=1S/C14H16O6P2S2/c15-23(16,17)13-5-1-3-11(9-13)21-7-8-22-12-4-2-6-14(10-12)24(18,19)20/h1-6,9-10,21-22H,7-8H2,(H,15,16,17)(H,18,19,20). The molecule has 0 heterocycles. The Morgan fingerprint density at radius 1 is 0.708 bits per heavy atom. The Hall–Kier alpha value is -0.880. The van der Waals surface area contributed by atoms with Gasteiger partial charge in [-0.05, 0) is 47.2 Å². The van der Waals surface area contributed by atoms with Gasteiger partial charge in [-0.25, -0.2) is 0 Å². The van der Waals surface area contributed by atoms with Crippen molar-refractivity contribution in [3.63, 3.8) is 0 Å². The predicted octanol–water partition coefficient (Wildman–Crippen LogP) is 1.49. The maximum atomic E-state index is 11.1. The largest absolute Gasteiger partial charge is 0.294 e. The molecule has 24 heavy (non-hydrogen) atoms. The first kappa shape index (κ1) is 19.4. The molecule has 130 valence electrons. The van der Waals surface area contributed by atoms with E-state index in [9.17, 15) is 16.8 Å². The molecule has 2 aromatic carbocycles. The van der Waals surface area contributed by atoms with Crippen molar-refractivity contribution in [2.24, 2.45) is 0 Å². The fourth-order valence-corrected chi connectivity index (χ4v) is 5.73. The lowest BCUT2D eigenvalue weighted by Gasteiger charge is -2.06. The molecule has 0 bridgehead atoms. The Morgan fingerprint density at radius 3 is 1.42 bits per heavy atom. The molecule has 2 N–H and O–H groups in total. The maximum Gasteiger partial charge on any atom is 0.294 e. The van der Waals surface area contributed by atoms with Crippen LogP contribution in [-0.4, -0.2) is 38.3 Å². The number of rotatable bonds is 7.